The van der Waals surface area contributed by atoms with Crippen molar-refractivity contribution in [1.29, 1.82) is 0 Å². The fraction of sp³-hybridized carbons (Fsp3) is 1.00. The zero-order valence-corrected chi connectivity index (χ0v) is 22.7. The van der Waals surface area contributed by atoms with Crippen LogP contribution >= 0.6 is 36.3 Å². The second-order valence-corrected chi connectivity index (χ2v) is 14.1. The molecule has 0 aromatic heterocycles. The standard InChI is InChI=1S/C20H40IO7PS/c1-5-8-11-24-17-16(15(22)14-27-30(21)29)28-20(23-4)19(26-13-10-7-3)18(17)25-12-9-6-2/h15-20,22,30H,5-14H2,1-4H3/t15?,16?,17-,18?,19+,20+/m1/s1. The van der Waals surface area contributed by atoms with Gasteiger partial charge >= 0.3 is 192 Å². The summed E-state index contributed by atoms with van der Waals surface area (Å²) >= 11 is 2.09. The molecule has 10 heteroatoms. The summed E-state index contributed by atoms with van der Waals surface area (Å²) in [6, 6.07) is 0. The molecule has 1 saturated heterocycles. The number of methoxy groups -OCH3 is 1. The Kier molecular flexibility index (Phi) is 17.2. The third-order valence-electron chi connectivity index (χ3n) is 4.92. The predicted molar refractivity (Wildman–Crippen MR) is 131 cm³/mol. The first-order chi connectivity index (χ1) is 14.5. The van der Waals surface area contributed by atoms with Crippen molar-refractivity contribution >= 4 is 36.3 Å². The molecule has 4 unspecified atom stereocenters. The van der Waals surface area contributed by atoms with E-state index in [0.717, 1.165) is 38.5 Å². The van der Waals surface area contributed by atoms with E-state index < -0.39 is 44.1 Å². The zero-order chi connectivity index (χ0) is 22.4. The summed E-state index contributed by atoms with van der Waals surface area (Å²) in [5.74, 6) is 0. The second-order valence-electron chi connectivity index (χ2n) is 7.36. The van der Waals surface area contributed by atoms with Gasteiger partial charge in [0, 0.05) is 0 Å². The number of halogens is 1. The molecule has 0 amide bonds. The molecule has 7 atom stereocenters. The Hall–Kier alpha value is 1.23. The van der Waals surface area contributed by atoms with E-state index in [9.17, 15) is 5.11 Å². The van der Waals surface area contributed by atoms with Crippen molar-refractivity contribution in [3.05, 3.63) is 0 Å². The molecule has 0 aliphatic carbocycles. The van der Waals surface area contributed by atoms with Gasteiger partial charge in [-0.15, -0.1) is 0 Å². The molecule has 180 valence electrons. The van der Waals surface area contributed by atoms with Crippen LogP contribution in [0, 0.1) is 0 Å². The molecule has 0 aromatic rings. The summed E-state index contributed by atoms with van der Waals surface area (Å²) in [5, 5.41) is 10.8. The number of thiol groups is 1. The smallest absolute Gasteiger partial charge is 0.0653 e. The van der Waals surface area contributed by atoms with Crippen LogP contribution in [-0.4, -0.2) is 75.5 Å². The molecule has 1 N–H and O–H groups in total. The fourth-order valence-corrected chi connectivity index (χ4v) is 4.17. The van der Waals surface area contributed by atoms with Gasteiger partial charge in [0.05, 0.1) is 0 Å². The van der Waals surface area contributed by atoms with Gasteiger partial charge in [-0.05, 0) is 0 Å². The molecule has 0 saturated carbocycles. The average Bonchev–Trinajstić information content (AvgIpc) is 2.73. The molecular formula is C20H40IO7PS. The van der Waals surface area contributed by atoms with E-state index in [1.54, 1.807) is 7.11 Å². The first kappa shape index (κ1) is 29.3. The Morgan fingerprint density at radius 2 is 1.43 bits per heavy atom. The average molecular weight is 582 g/mol. The molecule has 1 rings (SSSR count). The summed E-state index contributed by atoms with van der Waals surface area (Å²) in [6.45, 7) is 8.21. The fourth-order valence-electron chi connectivity index (χ4n) is 3.21. The van der Waals surface area contributed by atoms with Crippen LogP contribution in [0.1, 0.15) is 59.3 Å². The third kappa shape index (κ3) is 10.4. The topological polar surface area (TPSA) is 75.6 Å². The number of rotatable bonds is 16. The van der Waals surface area contributed by atoms with Crippen LogP contribution < -0.4 is 0 Å². The van der Waals surface area contributed by atoms with E-state index >= 15 is 0 Å². The Bertz CT molecular complexity index is 507. The summed E-state index contributed by atoms with van der Waals surface area (Å²) in [7, 11) is 4.94. The van der Waals surface area contributed by atoms with E-state index in [-0.39, 0.29) is 6.61 Å². The van der Waals surface area contributed by atoms with Gasteiger partial charge in [-0.25, -0.2) is 0 Å². The van der Waals surface area contributed by atoms with Crippen LogP contribution in [0.2, 0.25) is 0 Å². The quantitative estimate of drug-likeness (QED) is 0.116. The van der Waals surface area contributed by atoms with E-state index in [1.165, 1.54) is 0 Å². The van der Waals surface area contributed by atoms with Gasteiger partial charge in [0.15, 0.2) is 0 Å². The summed E-state index contributed by atoms with van der Waals surface area (Å²) in [4.78, 5) is 0. The molecule has 7 nitrogen and oxygen atoms in total. The van der Waals surface area contributed by atoms with Gasteiger partial charge < -0.3 is 0 Å². The minimum Gasteiger partial charge on any atom is -0.0653 e. The molecule has 1 aliphatic rings. The van der Waals surface area contributed by atoms with Crippen LogP contribution in [0.3, 0.4) is 0 Å². The van der Waals surface area contributed by atoms with Crippen LogP contribution in [0.15, 0.2) is 0 Å². The van der Waals surface area contributed by atoms with Crippen molar-refractivity contribution in [3.63, 3.8) is 0 Å². The first-order valence-electron chi connectivity index (χ1n) is 11.0. The van der Waals surface area contributed by atoms with Crippen LogP contribution in [0.4, 0.5) is 0 Å². The molecule has 0 radical (unpaired) electrons. The minimum atomic E-state index is -0.917. The third-order valence-corrected chi connectivity index (χ3v) is 6.46. The Morgan fingerprint density at radius 1 is 0.933 bits per heavy atom. The van der Waals surface area contributed by atoms with Gasteiger partial charge in [-0.2, -0.15) is 0 Å². The number of hydrogen-bond donors (Lipinski definition) is 2. The molecule has 1 aliphatic heterocycles. The number of unbranched alkanes of at least 4 members (excludes halogenated alkanes) is 3. The molecule has 1 fully saturated rings. The molecular weight excluding hydrogens is 542 g/mol. The number of aliphatic hydroxyl groups is 1. The van der Waals surface area contributed by atoms with Crippen molar-refractivity contribution in [2.24, 2.45) is 0 Å². The van der Waals surface area contributed by atoms with Gasteiger partial charge in [0.25, 0.3) is 0 Å². The van der Waals surface area contributed by atoms with Gasteiger partial charge in [0.1, 0.15) is 0 Å². The van der Waals surface area contributed by atoms with Crippen molar-refractivity contribution in [2.75, 3.05) is 33.5 Å². The number of aliphatic hydroxyl groups excluding tert-OH is 1. The van der Waals surface area contributed by atoms with Gasteiger partial charge in [0.2, 0.25) is 0 Å². The first-order valence-corrected chi connectivity index (χ1v) is 16.2. The van der Waals surface area contributed by atoms with Gasteiger partial charge in [-0.1, -0.05) is 6.92 Å². The van der Waals surface area contributed by atoms with Gasteiger partial charge in [-0.3, -0.25) is 0 Å². The Balaban J connectivity index is 3.08. The monoisotopic (exact) mass is 582 g/mol. The molecule has 0 aromatic carbocycles. The zero-order valence-electron chi connectivity index (χ0n) is 18.7. The maximum atomic E-state index is 10.8. The number of hydrogen-bond acceptors (Lipinski definition) is 7. The van der Waals surface area contributed by atoms with E-state index in [1.807, 2.05) is 0 Å². The van der Waals surface area contributed by atoms with Crippen molar-refractivity contribution in [3.8, 4) is 0 Å². The normalized spacial score (nSPS) is 29.0. The molecule has 0 bridgehead atoms. The van der Waals surface area contributed by atoms with Crippen molar-refractivity contribution < 1.29 is 33.0 Å². The Morgan fingerprint density at radius 3 is 1.90 bits per heavy atom. The van der Waals surface area contributed by atoms with Crippen molar-refractivity contribution in [1.82, 2.24) is 0 Å². The Labute approximate surface area is 198 Å². The predicted octanol–water partition coefficient (Wildman–Crippen LogP) is 4.88. The van der Waals surface area contributed by atoms with Crippen LogP contribution in [0.5, 0.6) is 0 Å². The molecule has 1 heterocycles. The summed E-state index contributed by atoms with van der Waals surface area (Å²) in [6.07, 6.45) is 2.36. The molecule has 0 spiro atoms. The van der Waals surface area contributed by atoms with Crippen molar-refractivity contribution in [2.45, 2.75) is 96.1 Å². The minimum absolute atomic E-state index is 0.107. The van der Waals surface area contributed by atoms with E-state index in [0.29, 0.717) is 19.8 Å². The van der Waals surface area contributed by atoms with E-state index in [2.05, 4.69) is 49.8 Å². The van der Waals surface area contributed by atoms with Crippen LogP contribution in [0.25, 0.3) is 0 Å². The SMILES string of the molecule is CCCCOC1[C@H](OCCCC)C(C(O)CO[SH](#P)I)O[C@H](OC)[C@H]1OCCCC. The summed E-state index contributed by atoms with van der Waals surface area (Å²) in [5.41, 5.74) is 0. The van der Waals surface area contributed by atoms with Crippen LogP contribution in [-0.2, 0) is 27.9 Å². The molecule has 30 heavy (non-hydrogen) atoms. The number of ether oxygens (including phenoxy) is 5. The summed E-state index contributed by atoms with van der Waals surface area (Å²) < 4.78 is 36.0. The second kappa shape index (κ2) is 17.7. The van der Waals surface area contributed by atoms with E-state index in [4.69, 9.17) is 27.9 Å². The maximum absolute atomic E-state index is 10.8.